The van der Waals surface area contributed by atoms with Crippen LogP contribution in [0.4, 0.5) is 13.2 Å². The first-order valence-corrected chi connectivity index (χ1v) is 6.14. The molecule has 0 radical (unpaired) electrons. The maximum Gasteiger partial charge on any atom is 0.433 e. The van der Waals surface area contributed by atoms with Crippen molar-refractivity contribution in [2.45, 2.75) is 38.9 Å². The van der Waals surface area contributed by atoms with Crippen molar-refractivity contribution < 1.29 is 18.0 Å². The molecule has 1 aliphatic rings. The molecule has 1 amide bonds. The SMILES string of the molecule is Cc1nc(C(F)(F)F)ccc1C(=O)NC(C)C1CC1. The first kappa shape index (κ1) is 13.8. The van der Waals surface area contributed by atoms with Gasteiger partial charge in [0, 0.05) is 6.04 Å². The van der Waals surface area contributed by atoms with Gasteiger partial charge in [-0.1, -0.05) is 0 Å². The van der Waals surface area contributed by atoms with Crippen LogP contribution in [0, 0.1) is 12.8 Å². The highest BCUT2D eigenvalue weighted by molar-refractivity contribution is 5.95. The predicted octanol–water partition coefficient (Wildman–Crippen LogP) is 2.94. The van der Waals surface area contributed by atoms with Crippen molar-refractivity contribution >= 4 is 5.91 Å². The summed E-state index contributed by atoms with van der Waals surface area (Å²) in [6.45, 7) is 3.31. The minimum atomic E-state index is -4.49. The molecule has 1 fully saturated rings. The Labute approximate surface area is 109 Å². The van der Waals surface area contributed by atoms with Gasteiger partial charge in [0.05, 0.1) is 11.3 Å². The number of aryl methyl sites for hydroxylation is 1. The van der Waals surface area contributed by atoms with Gasteiger partial charge in [-0.2, -0.15) is 13.2 Å². The van der Waals surface area contributed by atoms with Crippen LogP contribution in [0.5, 0.6) is 0 Å². The lowest BCUT2D eigenvalue weighted by Gasteiger charge is -2.14. The van der Waals surface area contributed by atoms with E-state index in [2.05, 4.69) is 10.3 Å². The molecule has 0 spiro atoms. The molecule has 1 heterocycles. The number of nitrogens with zero attached hydrogens (tertiary/aromatic N) is 1. The van der Waals surface area contributed by atoms with E-state index < -0.39 is 11.9 Å². The second-order valence-corrected chi connectivity index (χ2v) is 4.93. The van der Waals surface area contributed by atoms with Crippen LogP contribution < -0.4 is 5.32 Å². The van der Waals surface area contributed by atoms with Gasteiger partial charge in [-0.25, -0.2) is 4.98 Å². The van der Waals surface area contributed by atoms with Crippen molar-refractivity contribution in [2.24, 2.45) is 5.92 Å². The van der Waals surface area contributed by atoms with E-state index in [1.807, 2.05) is 6.92 Å². The second-order valence-electron chi connectivity index (χ2n) is 4.93. The van der Waals surface area contributed by atoms with Gasteiger partial charge in [0.15, 0.2) is 0 Å². The number of pyridine rings is 1. The monoisotopic (exact) mass is 272 g/mol. The number of carbonyl (C=O) groups is 1. The molecule has 3 nitrogen and oxygen atoms in total. The highest BCUT2D eigenvalue weighted by atomic mass is 19.4. The molecule has 1 unspecified atom stereocenters. The number of halogens is 3. The quantitative estimate of drug-likeness (QED) is 0.919. The molecule has 1 aromatic rings. The number of aromatic nitrogens is 1. The Morgan fingerprint density at radius 1 is 1.42 bits per heavy atom. The number of nitrogens with one attached hydrogen (secondary N) is 1. The van der Waals surface area contributed by atoms with E-state index in [4.69, 9.17) is 0 Å². The van der Waals surface area contributed by atoms with Crippen LogP contribution in [-0.4, -0.2) is 16.9 Å². The zero-order valence-corrected chi connectivity index (χ0v) is 10.7. The van der Waals surface area contributed by atoms with E-state index in [0.717, 1.165) is 18.9 Å². The average molecular weight is 272 g/mol. The summed E-state index contributed by atoms with van der Waals surface area (Å²) in [5.74, 6) is 0.129. The number of rotatable bonds is 3. The van der Waals surface area contributed by atoms with Crippen LogP contribution in [-0.2, 0) is 6.18 Å². The third-order valence-corrected chi connectivity index (χ3v) is 3.31. The van der Waals surface area contributed by atoms with E-state index in [9.17, 15) is 18.0 Å². The minimum Gasteiger partial charge on any atom is -0.349 e. The predicted molar refractivity (Wildman–Crippen MR) is 63.6 cm³/mol. The Morgan fingerprint density at radius 3 is 2.53 bits per heavy atom. The lowest BCUT2D eigenvalue weighted by Crippen LogP contribution is -2.34. The Bertz CT molecular complexity index is 495. The number of carbonyl (C=O) groups excluding carboxylic acids is 1. The van der Waals surface area contributed by atoms with Gasteiger partial charge in [-0.05, 0) is 44.7 Å². The summed E-state index contributed by atoms with van der Waals surface area (Å²) >= 11 is 0. The molecule has 1 saturated carbocycles. The molecular weight excluding hydrogens is 257 g/mol. The van der Waals surface area contributed by atoms with Crippen molar-refractivity contribution in [3.05, 3.63) is 29.1 Å². The van der Waals surface area contributed by atoms with Crippen molar-refractivity contribution in [3.63, 3.8) is 0 Å². The molecule has 0 aromatic carbocycles. The van der Waals surface area contributed by atoms with Gasteiger partial charge in [0.2, 0.25) is 0 Å². The van der Waals surface area contributed by atoms with Crippen LogP contribution in [0.25, 0.3) is 0 Å². The molecule has 104 valence electrons. The molecule has 0 bridgehead atoms. The van der Waals surface area contributed by atoms with Gasteiger partial charge in [-0.15, -0.1) is 0 Å². The van der Waals surface area contributed by atoms with Crippen LogP contribution in [0.1, 0.15) is 41.5 Å². The third-order valence-electron chi connectivity index (χ3n) is 3.31. The summed E-state index contributed by atoms with van der Waals surface area (Å²) < 4.78 is 37.4. The first-order valence-electron chi connectivity index (χ1n) is 6.14. The molecule has 2 rings (SSSR count). The summed E-state index contributed by atoms with van der Waals surface area (Å²) in [6.07, 6.45) is -2.31. The fraction of sp³-hybridized carbons (Fsp3) is 0.538. The minimum absolute atomic E-state index is 0.0502. The molecule has 1 N–H and O–H groups in total. The fourth-order valence-corrected chi connectivity index (χ4v) is 1.96. The van der Waals surface area contributed by atoms with Crippen molar-refractivity contribution in [1.82, 2.24) is 10.3 Å². The Morgan fingerprint density at radius 2 is 2.05 bits per heavy atom. The number of hydrogen-bond acceptors (Lipinski definition) is 2. The standard InChI is InChI=1S/C13H15F3N2O/c1-7(9-3-4-9)18-12(19)10-5-6-11(13(14,15)16)17-8(10)2/h5-7,9H,3-4H2,1-2H3,(H,18,19). The molecule has 0 saturated heterocycles. The van der Waals surface area contributed by atoms with Crippen molar-refractivity contribution in [2.75, 3.05) is 0 Å². The van der Waals surface area contributed by atoms with Gasteiger partial charge in [0.1, 0.15) is 5.69 Å². The van der Waals surface area contributed by atoms with E-state index in [-0.39, 0.29) is 23.2 Å². The van der Waals surface area contributed by atoms with Crippen LogP contribution in [0.2, 0.25) is 0 Å². The summed E-state index contributed by atoms with van der Waals surface area (Å²) in [7, 11) is 0. The van der Waals surface area contributed by atoms with Gasteiger partial charge in [-0.3, -0.25) is 4.79 Å². The maximum absolute atomic E-state index is 12.5. The van der Waals surface area contributed by atoms with Crippen molar-refractivity contribution in [1.29, 1.82) is 0 Å². The zero-order valence-electron chi connectivity index (χ0n) is 10.7. The first-order chi connectivity index (χ1) is 8.79. The molecular formula is C13H15F3N2O. The maximum atomic E-state index is 12.5. The summed E-state index contributed by atoms with van der Waals surface area (Å²) in [5.41, 5.74) is -0.687. The number of alkyl halides is 3. The largest absolute Gasteiger partial charge is 0.433 e. The Hall–Kier alpha value is -1.59. The van der Waals surface area contributed by atoms with Gasteiger partial charge < -0.3 is 5.32 Å². The molecule has 0 aliphatic heterocycles. The lowest BCUT2D eigenvalue weighted by molar-refractivity contribution is -0.141. The highest BCUT2D eigenvalue weighted by Gasteiger charge is 2.33. The Balaban J connectivity index is 2.13. The zero-order chi connectivity index (χ0) is 14.2. The van der Waals surface area contributed by atoms with E-state index in [1.54, 1.807) is 0 Å². The third kappa shape index (κ3) is 3.24. The molecule has 1 atom stereocenters. The van der Waals surface area contributed by atoms with Crippen LogP contribution in [0.15, 0.2) is 12.1 Å². The molecule has 19 heavy (non-hydrogen) atoms. The summed E-state index contributed by atoms with van der Waals surface area (Å²) in [4.78, 5) is 15.4. The normalized spacial score (nSPS) is 17.1. The molecule has 1 aliphatic carbocycles. The van der Waals surface area contributed by atoms with E-state index >= 15 is 0 Å². The topological polar surface area (TPSA) is 42.0 Å². The van der Waals surface area contributed by atoms with E-state index in [0.29, 0.717) is 5.92 Å². The van der Waals surface area contributed by atoms with E-state index in [1.165, 1.54) is 13.0 Å². The van der Waals surface area contributed by atoms with Crippen LogP contribution in [0.3, 0.4) is 0 Å². The highest BCUT2D eigenvalue weighted by Crippen LogP contribution is 2.32. The fourth-order valence-electron chi connectivity index (χ4n) is 1.96. The Kier molecular flexibility index (Phi) is 3.52. The smallest absolute Gasteiger partial charge is 0.349 e. The second kappa shape index (κ2) is 4.83. The summed E-state index contributed by atoms with van der Waals surface area (Å²) in [5, 5.41) is 2.80. The number of hydrogen-bond donors (Lipinski definition) is 1. The van der Waals surface area contributed by atoms with Crippen molar-refractivity contribution in [3.8, 4) is 0 Å². The van der Waals surface area contributed by atoms with Gasteiger partial charge >= 0.3 is 6.18 Å². The number of amides is 1. The van der Waals surface area contributed by atoms with Crippen LogP contribution >= 0.6 is 0 Å². The summed E-state index contributed by atoms with van der Waals surface area (Å²) in [6, 6.07) is 2.07. The molecule has 6 heteroatoms. The average Bonchev–Trinajstić information content (AvgIpc) is 3.10. The lowest BCUT2D eigenvalue weighted by atomic mass is 10.1. The molecule has 1 aromatic heterocycles. The van der Waals surface area contributed by atoms with Gasteiger partial charge in [0.25, 0.3) is 5.91 Å².